The Morgan fingerprint density at radius 1 is 1.26 bits per heavy atom. The first-order valence-corrected chi connectivity index (χ1v) is 12.4. The van der Waals surface area contributed by atoms with E-state index < -0.39 is 17.2 Å². The number of nitrogens with one attached hydrogen (secondary N) is 1. The van der Waals surface area contributed by atoms with Crippen molar-refractivity contribution in [2.24, 2.45) is 11.3 Å². The minimum Gasteiger partial charge on any atom is -0.353 e. The SMILES string of the molecule is CCn1cc(CNC2CCC(C(=O)N3CCN(c4cc(C(F)(F)F)ccn4)CC3)(C(C)C)C2)cn1. The number of rotatable bonds is 7. The van der Waals surface area contributed by atoms with Gasteiger partial charge in [-0.25, -0.2) is 4.98 Å². The van der Waals surface area contributed by atoms with Crippen LogP contribution in [-0.4, -0.2) is 57.8 Å². The molecule has 35 heavy (non-hydrogen) atoms. The van der Waals surface area contributed by atoms with Gasteiger partial charge in [0.05, 0.1) is 17.2 Å². The molecule has 10 heteroatoms. The van der Waals surface area contributed by atoms with E-state index in [1.807, 2.05) is 26.9 Å². The molecule has 2 unspecified atom stereocenters. The lowest BCUT2D eigenvalue weighted by Crippen LogP contribution is -2.54. The van der Waals surface area contributed by atoms with E-state index in [4.69, 9.17) is 0 Å². The van der Waals surface area contributed by atoms with Gasteiger partial charge in [-0.1, -0.05) is 13.8 Å². The average molecular weight is 493 g/mol. The predicted molar refractivity (Wildman–Crippen MR) is 128 cm³/mol. The lowest BCUT2D eigenvalue weighted by molar-refractivity contribution is -0.145. The summed E-state index contributed by atoms with van der Waals surface area (Å²) in [7, 11) is 0. The Hall–Kier alpha value is -2.62. The summed E-state index contributed by atoms with van der Waals surface area (Å²) in [5.74, 6) is 0.682. The standard InChI is InChI=1S/C25H35F3N6O/c1-4-34-17-19(16-31-34)15-30-21-5-7-24(14-21,18(2)3)23(35)33-11-9-32(10-12-33)22-13-20(6-8-29-22)25(26,27)28/h6,8,13,16-18,21,30H,4-5,7,9-12,14-15H2,1-3H3. The van der Waals surface area contributed by atoms with Crippen LogP contribution in [0.1, 0.15) is 51.2 Å². The summed E-state index contributed by atoms with van der Waals surface area (Å²) in [5, 5.41) is 7.94. The predicted octanol–water partition coefficient (Wildman–Crippen LogP) is 3.95. The normalized spacial score (nSPS) is 23.3. The highest BCUT2D eigenvalue weighted by atomic mass is 19.4. The monoisotopic (exact) mass is 492 g/mol. The Balaban J connectivity index is 1.36. The van der Waals surface area contributed by atoms with Gasteiger partial charge in [-0.15, -0.1) is 0 Å². The van der Waals surface area contributed by atoms with E-state index in [1.165, 1.54) is 6.20 Å². The van der Waals surface area contributed by atoms with Crippen molar-refractivity contribution in [1.29, 1.82) is 0 Å². The summed E-state index contributed by atoms with van der Waals surface area (Å²) in [4.78, 5) is 21.6. The van der Waals surface area contributed by atoms with Gasteiger partial charge >= 0.3 is 6.18 Å². The zero-order valence-electron chi connectivity index (χ0n) is 20.7. The second-order valence-corrected chi connectivity index (χ2v) is 10.0. The first kappa shape index (κ1) is 25.5. The first-order chi connectivity index (χ1) is 16.6. The van der Waals surface area contributed by atoms with Crippen LogP contribution in [0.2, 0.25) is 0 Å². The quantitative estimate of drug-likeness (QED) is 0.634. The van der Waals surface area contributed by atoms with Crippen LogP contribution in [0.15, 0.2) is 30.7 Å². The van der Waals surface area contributed by atoms with E-state index in [1.54, 1.807) is 0 Å². The van der Waals surface area contributed by atoms with Gasteiger partial charge in [0.2, 0.25) is 5.91 Å². The molecule has 3 heterocycles. The van der Waals surface area contributed by atoms with Crippen molar-refractivity contribution >= 4 is 11.7 Å². The number of aryl methyl sites for hydroxylation is 1. The molecule has 1 aliphatic carbocycles. The molecule has 2 fully saturated rings. The molecule has 1 aliphatic heterocycles. The molecule has 1 saturated carbocycles. The molecule has 0 aromatic carbocycles. The third kappa shape index (κ3) is 5.47. The van der Waals surface area contributed by atoms with Crippen molar-refractivity contribution in [3.8, 4) is 0 Å². The van der Waals surface area contributed by atoms with Crippen LogP contribution >= 0.6 is 0 Å². The van der Waals surface area contributed by atoms with Crippen molar-refractivity contribution in [3.05, 3.63) is 41.9 Å². The number of halogens is 3. The Kier molecular flexibility index (Phi) is 7.40. The highest BCUT2D eigenvalue weighted by molar-refractivity contribution is 5.84. The molecule has 1 N–H and O–H groups in total. The molecule has 0 radical (unpaired) electrons. The highest BCUT2D eigenvalue weighted by Gasteiger charge is 2.49. The summed E-state index contributed by atoms with van der Waals surface area (Å²) in [6.07, 6.45) is 3.29. The fraction of sp³-hybridized carbons (Fsp3) is 0.640. The molecule has 0 bridgehead atoms. The number of hydrogen-bond donors (Lipinski definition) is 1. The van der Waals surface area contributed by atoms with Crippen LogP contribution in [0.3, 0.4) is 0 Å². The molecule has 2 aliphatic rings. The molecule has 2 aromatic heterocycles. The van der Waals surface area contributed by atoms with E-state index in [0.29, 0.717) is 32.0 Å². The van der Waals surface area contributed by atoms with Crippen molar-refractivity contribution in [2.75, 3.05) is 31.1 Å². The second kappa shape index (κ2) is 10.2. The topological polar surface area (TPSA) is 66.3 Å². The van der Waals surface area contributed by atoms with Gasteiger partial charge in [0.15, 0.2) is 0 Å². The lowest BCUT2D eigenvalue weighted by atomic mass is 9.74. The van der Waals surface area contributed by atoms with E-state index in [9.17, 15) is 18.0 Å². The second-order valence-electron chi connectivity index (χ2n) is 10.0. The summed E-state index contributed by atoms with van der Waals surface area (Å²) < 4.78 is 41.2. The number of aromatic nitrogens is 3. The van der Waals surface area contributed by atoms with Crippen LogP contribution in [0.25, 0.3) is 0 Å². The van der Waals surface area contributed by atoms with Gasteiger partial charge in [0, 0.05) is 63.3 Å². The molecular weight excluding hydrogens is 457 g/mol. The number of piperazine rings is 1. The average Bonchev–Trinajstić information content (AvgIpc) is 3.50. The van der Waals surface area contributed by atoms with Gasteiger partial charge in [-0.2, -0.15) is 18.3 Å². The number of amides is 1. The van der Waals surface area contributed by atoms with Crippen LogP contribution in [0.4, 0.5) is 19.0 Å². The van der Waals surface area contributed by atoms with Gasteiger partial charge in [0.25, 0.3) is 0 Å². The Morgan fingerprint density at radius 3 is 2.63 bits per heavy atom. The van der Waals surface area contributed by atoms with Crippen LogP contribution < -0.4 is 10.2 Å². The Labute approximate surface area is 204 Å². The third-order valence-electron chi connectivity index (χ3n) is 7.65. The van der Waals surface area contributed by atoms with Gasteiger partial charge in [-0.05, 0) is 44.2 Å². The van der Waals surface area contributed by atoms with Crippen LogP contribution in [0, 0.1) is 11.3 Å². The molecule has 1 amide bonds. The molecule has 0 spiro atoms. The number of pyridine rings is 1. The Bertz CT molecular complexity index is 1010. The lowest BCUT2D eigenvalue weighted by Gasteiger charge is -2.42. The summed E-state index contributed by atoms with van der Waals surface area (Å²) in [6, 6.07) is 2.34. The zero-order valence-corrected chi connectivity index (χ0v) is 20.7. The van der Waals surface area contributed by atoms with E-state index in [2.05, 4.69) is 36.2 Å². The maximum Gasteiger partial charge on any atom is 0.416 e. The fourth-order valence-corrected chi connectivity index (χ4v) is 5.37. The highest BCUT2D eigenvalue weighted by Crippen LogP contribution is 2.46. The largest absolute Gasteiger partial charge is 0.416 e. The molecule has 4 rings (SSSR count). The number of anilines is 1. The fourth-order valence-electron chi connectivity index (χ4n) is 5.37. The van der Waals surface area contributed by atoms with E-state index in [0.717, 1.165) is 50.0 Å². The number of alkyl halides is 3. The maximum atomic E-state index is 13.8. The van der Waals surface area contributed by atoms with Crippen molar-refractivity contribution in [1.82, 2.24) is 25.0 Å². The van der Waals surface area contributed by atoms with Crippen molar-refractivity contribution < 1.29 is 18.0 Å². The number of carbonyl (C=O) groups is 1. The van der Waals surface area contributed by atoms with Gasteiger partial charge in [-0.3, -0.25) is 9.48 Å². The molecular formula is C25H35F3N6O. The van der Waals surface area contributed by atoms with Crippen molar-refractivity contribution in [3.63, 3.8) is 0 Å². The van der Waals surface area contributed by atoms with Crippen molar-refractivity contribution in [2.45, 2.75) is 65.3 Å². The first-order valence-electron chi connectivity index (χ1n) is 12.4. The molecule has 7 nitrogen and oxygen atoms in total. The molecule has 1 saturated heterocycles. The van der Waals surface area contributed by atoms with E-state index >= 15 is 0 Å². The third-order valence-corrected chi connectivity index (χ3v) is 7.65. The smallest absolute Gasteiger partial charge is 0.353 e. The number of hydrogen-bond acceptors (Lipinski definition) is 5. The number of carbonyl (C=O) groups excluding carboxylic acids is 1. The van der Waals surface area contributed by atoms with Gasteiger partial charge < -0.3 is 15.1 Å². The minimum absolute atomic E-state index is 0.173. The molecule has 192 valence electrons. The summed E-state index contributed by atoms with van der Waals surface area (Å²) in [5.41, 5.74) is 0.0212. The Morgan fingerprint density at radius 2 is 2.00 bits per heavy atom. The minimum atomic E-state index is -4.40. The molecule has 2 atom stereocenters. The zero-order chi connectivity index (χ0) is 25.2. The summed E-state index contributed by atoms with van der Waals surface area (Å²) >= 11 is 0. The maximum absolute atomic E-state index is 13.8. The number of nitrogens with zero attached hydrogens (tertiary/aromatic N) is 5. The summed E-state index contributed by atoms with van der Waals surface area (Å²) in [6.45, 7) is 9.78. The molecule has 2 aromatic rings. The van der Waals surface area contributed by atoms with Crippen LogP contribution in [-0.2, 0) is 24.1 Å². The van der Waals surface area contributed by atoms with E-state index in [-0.39, 0.29) is 17.9 Å². The van der Waals surface area contributed by atoms with Gasteiger partial charge in [0.1, 0.15) is 5.82 Å². The van der Waals surface area contributed by atoms with Crippen LogP contribution in [0.5, 0.6) is 0 Å².